The Hall–Kier alpha value is -3.23. The van der Waals surface area contributed by atoms with Crippen molar-refractivity contribution < 1.29 is 19.2 Å². The maximum Gasteiger partial charge on any atom is 0.342 e. The van der Waals surface area contributed by atoms with Crippen molar-refractivity contribution in [1.29, 1.82) is 0 Å². The summed E-state index contributed by atoms with van der Waals surface area (Å²) in [6.07, 6.45) is -0.648. The molecule has 25 heavy (non-hydrogen) atoms. The van der Waals surface area contributed by atoms with Crippen LogP contribution in [0.1, 0.15) is 41.7 Å². The highest BCUT2D eigenvalue weighted by molar-refractivity contribution is 5.92. The van der Waals surface area contributed by atoms with Crippen molar-refractivity contribution in [3.05, 3.63) is 51.3 Å². The summed E-state index contributed by atoms with van der Waals surface area (Å²) >= 11 is 0. The van der Waals surface area contributed by atoms with Gasteiger partial charge in [-0.2, -0.15) is 0 Å². The van der Waals surface area contributed by atoms with Crippen LogP contribution < -0.4 is 10.5 Å². The lowest BCUT2D eigenvalue weighted by Gasteiger charge is -2.18. The lowest BCUT2D eigenvalue weighted by atomic mass is 10.1. The number of nitrogen functional groups attached to an aromatic ring is 1. The number of non-ortho nitro benzene ring substituents is 1. The lowest BCUT2D eigenvalue weighted by molar-refractivity contribution is -0.384. The Labute approximate surface area is 143 Å². The van der Waals surface area contributed by atoms with Gasteiger partial charge in [-0.25, -0.2) is 14.8 Å². The third-order valence-corrected chi connectivity index (χ3v) is 3.36. The number of benzene rings is 1. The van der Waals surface area contributed by atoms with Crippen LogP contribution in [0, 0.1) is 17.0 Å². The normalized spacial score (nSPS) is 11.6. The molecule has 2 N–H and O–H groups in total. The second-order valence-corrected chi connectivity index (χ2v) is 5.16. The number of aryl methyl sites for hydroxylation is 1. The third-order valence-electron chi connectivity index (χ3n) is 3.36. The average molecular weight is 346 g/mol. The monoisotopic (exact) mass is 346 g/mol. The van der Waals surface area contributed by atoms with Gasteiger partial charge in [0.25, 0.3) is 5.69 Å². The van der Waals surface area contributed by atoms with Crippen LogP contribution in [-0.4, -0.2) is 27.5 Å². The molecule has 1 atom stereocenters. The molecule has 0 saturated heterocycles. The molecule has 1 aromatic heterocycles. The number of carbonyl (C=O) groups excluding carboxylic acids is 1. The molecule has 2 rings (SSSR count). The van der Waals surface area contributed by atoms with Crippen LogP contribution in [0.25, 0.3) is 0 Å². The zero-order valence-corrected chi connectivity index (χ0v) is 14.1. The molecule has 1 unspecified atom stereocenters. The van der Waals surface area contributed by atoms with E-state index < -0.39 is 17.0 Å². The number of carbonyl (C=O) groups is 1. The summed E-state index contributed by atoms with van der Waals surface area (Å²) in [6, 6.07) is 5.59. The number of aromatic nitrogens is 2. The smallest absolute Gasteiger partial charge is 0.342 e. The molecule has 0 radical (unpaired) electrons. The first-order chi connectivity index (χ1) is 11.8. The molecule has 1 aromatic carbocycles. The molecule has 0 saturated carbocycles. The summed E-state index contributed by atoms with van der Waals surface area (Å²) in [5.41, 5.74) is 6.52. The highest BCUT2D eigenvalue weighted by atomic mass is 16.6. The van der Waals surface area contributed by atoms with Crippen molar-refractivity contribution in [3.63, 3.8) is 0 Å². The molecule has 0 aliphatic rings. The number of esters is 1. The van der Waals surface area contributed by atoms with Crippen LogP contribution in [0.2, 0.25) is 0 Å². The lowest BCUT2D eigenvalue weighted by Crippen LogP contribution is -2.18. The van der Waals surface area contributed by atoms with Crippen molar-refractivity contribution in [2.45, 2.75) is 26.9 Å². The Morgan fingerprint density at radius 1 is 1.32 bits per heavy atom. The molecule has 0 spiro atoms. The molecule has 0 fully saturated rings. The highest BCUT2D eigenvalue weighted by Crippen LogP contribution is 2.26. The number of nitro benzene ring substituents is 1. The fourth-order valence-electron chi connectivity index (χ4n) is 2.27. The summed E-state index contributed by atoms with van der Waals surface area (Å²) in [4.78, 5) is 30.5. The van der Waals surface area contributed by atoms with Crippen molar-refractivity contribution in [1.82, 2.24) is 9.97 Å². The maximum absolute atomic E-state index is 12.2. The van der Waals surface area contributed by atoms with Gasteiger partial charge in [-0.15, -0.1) is 0 Å². The molecule has 2 aromatic rings. The Kier molecular flexibility index (Phi) is 5.48. The van der Waals surface area contributed by atoms with Gasteiger partial charge in [0.1, 0.15) is 23.1 Å². The summed E-state index contributed by atoms with van der Waals surface area (Å²) in [7, 11) is 0. The Bertz CT molecular complexity index is 792. The van der Waals surface area contributed by atoms with E-state index in [4.69, 9.17) is 15.2 Å². The number of rotatable bonds is 6. The van der Waals surface area contributed by atoms with Crippen molar-refractivity contribution in [2.24, 2.45) is 0 Å². The fourth-order valence-corrected chi connectivity index (χ4v) is 2.27. The van der Waals surface area contributed by atoms with Gasteiger partial charge in [0.2, 0.25) is 5.95 Å². The molecular formula is C16H18N4O5. The Morgan fingerprint density at radius 3 is 2.52 bits per heavy atom. The topological polar surface area (TPSA) is 130 Å². The zero-order chi connectivity index (χ0) is 18.6. The van der Waals surface area contributed by atoms with E-state index in [-0.39, 0.29) is 23.8 Å². The fraction of sp³-hybridized carbons (Fsp3) is 0.312. The van der Waals surface area contributed by atoms with E-state index in [0.29, 0.717) is 17.1 Å². The first kappa shape index (κ1) is 18.1. The second kappa shape index (κ2) is 7.56. The molecular weight excluding hydrogens is 328 g/mol. The van der Waals surface area contributed by atoms with Crippen molar-refractivity contribution in [2.75, 3.05) is 12.3 Å². The number of nitrogens with two attached hydrogens (primary N) is 1. The summed E-state index contributed by atoms with van der Waals surface area (Å²) in [5, 5.41) is 10.7. The molecule has 0 aliphatic heterocycles. The van der Waals surface area contributed by atoms with Crippen LogP contribution in [0.3, 0.4) is 0 Å². The van der Waals surface area contributed by atoms with E-state index in [1.165, 1.54) is 24.3 Å². The highest BCUT2D eigenvalue weighted by Gasteiger charge is 2.24. The van der Waals surface area contributed by atoms with E-state index in [1.807, 2.05) is 0 Å². The molecule has 9 nitrogen and oxygen atoms in total. The van der Waals surface area contributed by atoms with Gasteiger partial charge in [-0.05, 0) is 32.9 Å². The minimum atomic E-state index is -0.648. The van der Waals surface area contributed by atoms with Crippen molar-refractivity contribution in [3.8, 4) is 5.75 Å². The van der Waals surface area contributed by atoms with E-state index in [1.54, 1.807) is 20.8 Å². The van der Waals surface area contributed by atoms with Crippen LogP contribution >= 0.6 is 0 Å². The number of hydrogen-bond donors (Lipinski definition) is 1. The van der Waals surface area contributed by atoms with Crippen LogP contribution in [0.15, 0.2) is 24.3 Å². The Balaban J connectivity index is 2.33. The number of ether oxygens (including phenoxy) is 2. The van der Waals surface area contributed by atoms with Gasteiger partial charge in [-0.1, -0.05) is 0 Å². The van der Waals surface area contributed by atoms with Gasteiger partial charge in [0, 0.05) is 12.1 Å². The summed E-state index contributed by atoms with van der Waals surface area (Å²) < 4.78 is 10.8. The predicted octanol–water partition coefficient (Wildman–Crippen LogP) is 2.59. The number of anilines is 1. The number of nitrogens with zero attached hydrogens (tertiary/aromatic N) is 3. The third kappa shape index (κ3) is 4.19. The van der Waals surface area contributed by atoms with E-state index >= 15 is 0 Å². The van der Waals surface area contributed by atoms with Crippen LogP contribution in [0.4, 0.5) is 11.6 Å². The number of hydrogen-bond acceptors (Lipinski definition) is 8. The molecule has 9 heteroatoms. The maximum atomic E-state index is 12.2. The minimum Gasteiger partial charge on any atom is -0.484 e. The first-order valence-electron chi connectivity index (χ1n) is 7.55. The van der Waals surface area contributed by atoms with E-state index in [0.717, 1.165) is 0 Å². The van der Waals surface area contributed by atoms with Gasteiger partial charge < -0.3 is 15.2 Å². The van der Waals surface area contributed by atoms with E-state index in [9.17, 15) is 14.9 Å². The Morgan fingerprint density at radius 2 is 1.96 bits per heavy atom. The molecule has 132 valence electrons. The predicted molar refractivity (Wildman–Crippen MR) is 89.3 cm³/mol. The standard InChI is InChI=1S/C16H18N4O5/c1-4-24-15(21)13-9(2)18-16(17)19-14(13)10(3)25-12-7-5-11(6-8-12)20(22)23/h5-8,10H,4H2,1-3H3,(H2,17,18,19). The van der Waals surface area contributed by atoms with Gasteiger partial charge in [-0.3, -0.25) is 10.1 Å². The van der Waals surface area contributed by atoms with Crippen LogP contribution in [-0.2, 0) is 4.74 Å². The van der Waals surface area contributed by atoms with Gasteiger partial charge in [0.15, 0.2) is 0 Å². The quantitative estimate of drug-likeness (QED) is 0.480. The van der Waals surface area contributed by atoms with Gasteiger partial charge >= 0.3 is 5.97 Å². The molecule has 0 bridgehead atoms. The minimum absolute atomic E-state index is 0.0136. The summed E-state index contributed by atoms with van der Waals surface area (Å²) in [5.74, 6) is -0.156. The van der Waals surface area contributed by atoms with Crippen molar-refractivity contribution >= 4 is 17.6 Å². The van der Waals surface area contributed by atoms with E-state index in [2.05, 4.69) is 9.97 Å². The SMILES string of the molecule is CCOC(=O)c1c(C)nc(N)nc1C(C)Oc1ccc([N+](=O)[O-])cc1. The number of nitro groups is 1. The average Bonchev–Trinajstić information content (AvgIpc) is 2.54. The zero-order valence-electron chi connectivity index (χ0n) is 14.1. The second-order valence-electron chi connectivity index (χ2n) is 5.16. The largest absolute Gasteiger partial charge is 0.484 e. The van der Waals surface area contributed by atoms with Gasteiger partial charge in [0.05, 0.1) is 17.2 Å². The first-order valence-corrected chi connectivity index (χ1v) is 7.55. The molecule has 0 amide bonds. The summed E-state index contributed by atoms with van der Waals surface area (Å²) in [6.45, 7) is 5.22. The molecule has 1 heterocycles. The molecule has 0 aliphatic carbocycles. The van der Waals surface area contributed by atoms with Crippen LogP contribution in [0.5, 0.6) is 5.75 Å².